The standard InChI is InChI=1S/C20H17N3O3/c24-18-13-22-23(17-7-3-2-6-16(17)18)10-9-20(25)21-12-15-11-14-5-1-4-8-19(14)26-15/h1-8,11,13H,9-10,12H2,(H,21,25). The predicted octanol–water partition coefficient (Wildman–Crippen LogP) is 2.85. The molecule has 0 fully saturated rings. The number of para-hydroxylation sites is 2. The number of aromatic nitrogens is 2. The fourth-order valence-electron chi connectivity index (χ4n) is 2.94. The average Bonchev–Trinajstić information content (AvgIpc) is 3.09. The summed E-state index contributed by atoms with van der Waals surface area (Å²) in [5.74, 6) is 0.613. The van der Waals surface area contributed by atoms with Crippen LogP contribution in [0.3, 0.4) is 0 Å². The summed E-state index contributed by atoms with van der Waals surface area (Å²) < 4.78 is 7.36. The Morgan fingerprint density at radius 3 is 2.81 bits per heavy atom. The normalized spacial score (nSPS) is 11.1. The number of amides is 1. The molecule has 2 heterocycles. The number of hydrogen-bond acceptors (Lipinski definition) is 4. The number of nitrogens with zero attached hydrogens (tertiary/aromatic N) is 2. The molecule has 4 rings (SSSR count). The Balaban J connectivity index is 1.40. The first-order chi connectivity index (χ1) is 12.7. The number of carbonyl (C=O) groups is 1. The van der Waals surface area contributed by atoms with Crippen LogP contribution in [0.15, 0.2) is 70.0 Å². The van der Waals surface area contributed by atoms with Crippen molar-refractivity contribution in [3.63, 3.8) is 0 Å². The van der Waals surface area contributed by atoms with Crippen LogP contribution in [0.4, 0.5) is 0 Å². The van der Waals surface area contributed by atoms with E-state index in [0.717, 1.165) is 16.5 Å². The van der Waals surface area contributed by atoms with Gasteiger partial charge in [0.05, 0.1) is 24.8 Å². The zero-order chi connectivity index (χ0) is 17.9. The molecule has 26 heavy (non-hydrogen) atoms. The molecule has 0 aliphatic rings. The molecule has 0 bridgehead atoms. The molecular formula is C20H17N3O3. The van der Waals surface area contributed by atoms with Crippen LogP contribution in [-0.2, 0) is 17.9 Å². The molecule has 0 aliphatic heterocycles. The molecule has 0 radical (unpaired) electrons. The molecular weight excluding hydrogens is 330 g/mol. The Kier molecular flexibility index (Phi) is 4.23. The lowest BCUT2D eigenvalue weighted by molar-refractivity contribution is -0.121. The molecule has 0 saturated carbocycles. The van der Waals surface area contributed by atoms with Crippen molar-refractivity contribution in [3.8, 4) is 0 Å². The molecule has 0 unspecified atom stereocenters. The van der Waals surface area contributed by atoms with E-state index < -0.39 is 0 Å². The molecule has 2 aromatic heterocycles. The maximum absolute atomic E-state index is 12.2. The van der Waals surface area contributed by atoms with Crippen LogP contribution in [-0.4, -0.2) is 15.7 Å². The zero-order valence-corrected chi connectivity index (χ0v) is 14.0. The first-order valence-electron chi connectivity index (χ1n) is 8.40. The smallest absolute Gasteiger partial charge is 0.222 e. The lowest BCUT2D eigenvalue weighted by Gasteiger charge is -2.09. The van der Waals surface area contributed by atoms with Gasteiger partial charge in [0.15, 0.2) is 0 Å². The largest absolute Gasteiger partial charge is 0.459 e. The Bertz CT molecular complexity index is 1110. The highest BCUT2D eigenvalue weighted by molar-refractivity contribution is 5.80. The topological polar surface area (TPSA) is 77.1 Å². The van der Waals surface area contributed by atoms with Gasteiger partial charge in [0.2, 0.25) is 11.3 Å². The Morgan fingerprint density at radius 1 is 1.12 bits per heavy atom. The van der Waals surface area contributed by atoms with E-state index in [1.165, 1.54) is 6.20 Å². The van der Waals surface area contributed by atoms with Gasteiger partial charge in [-0.15, -0.1) is 0 Å². The van der Waals surface area contributed by atoms with E-state index in [1.807, 2.05) is 48.5 Å². The molecule has 1 amide bonds. The van der Waals surface area contributed by atoms with Crippen LogP contribution in [0.1, 0.15) is 12.2 Å². The van der Waals surface area contributed by atoms with Gasteiger partial charge in [-0.05, 0) is 24.3 Å². The summed E-state index contributed by atoms with van der Waals surface area (Å²) in [5.41, 5.74) is 1.41. The fraction of sp³-hybridized carbons (Fsp3) is 0.150. The van der Waals surface area contributed by atoms with Crippen molar-refractivity contribution in [1.82, 2.24) is 15.1 Å². The molecule has 2 aromatic carbocycles. The van der Waals surface area contributed by atoms with Crippen molar-refractivity contribution in [1.29, 1.82) is 0 Å². The van der Waals surface area contributed by atoms with Gasteiger partial charge < -0.3 is 9.73 Å². The van der Waals surface area contributed by atoms with E-state index in [1.54, 1.807) is 10.7 Å². The summed E-state index contributed by atoms with van der Waals surface area (Å²) in [6, 6.07) is 16.9. The summed E-state index contributed by atoms with van der Waals surface area (Å²) in [5, 5.41) is 8.60. The van der Waals surface area contributed by atoms with Crippen LogP contribution in [0.25, 0.3) is 21.9 Å². The van der Waals surface area contributed by atoms with Crippen LogP contribution in [0.5, 0.6) is 0 Å². The molecule has 6 heteroatoms. The molecule has 0 saturated heterocycles. The molecule has 4 aromatic rings. The van der Waals surface area contributed by atoms with Gasteiger partial charge in [0, 0.05) is 17.2 Å². The summed E-state index contributed by atoms with van der Waals surface area (Å²) in [6.07, 6.45) is 1.55. The van der Waals surface area contributed by atoms with Gasteiger partial charge in [-0.1, -0.05) is 30.3 Å². The maximum Gasteiger partial charge on any atom is 0.222 e. The van der Waals surface area contributed by atoms with Crippen molar-refractivity contribution < 1.29 is 9.21 Å². The first kappa shape index (κ1) is 16.1. The minimum atomic E-state index is -0.119. The third kappa shape index (κ3) is 3.21. The van der Waals surface area contributed by atoms with E-state index in [2.05, 4.69) is 10.4 Å². The summed E-state index contributed by atoms with van der Waals surface area (Å²) >= 11 is 0. The third-order valence-corrected chi connectivity index (χ3v) is 4.25. The highest BCUT2D eigenvalue weighted by Gasteiger charge is 2.08. The second kappa shape index (κ2) is 6.84. The SMILES string of the molecule is O=C(CCn1ncc(=O)c2ccccc21)NCc1cc2ccccc2o1. The molecule has 1 N–H and O–H groups in total. The number of rotatable bonds is 5. The highest BCUT2D eigenvalue weighted by Crippen LogP contribution is 2.18. The number of nitrogens with one attached hydrogen (secondary N) is 1. The summed E-state index contributed by atoms with van der Waals surface area (Å²) in [4.78, 5) is 24.0. The summed E-state index contributed by atoms with van der Waals surface area (Å²) in [7, 11) is 0. The number of benzene rings is 2. The zero-order valence-electron chi connectivity index (χ0n) is 14.0. The number of aryl methyl sites for hydroxylation is 1. The van der Waals surface area contributed by atoms with Gasteiger partial charge in [0.1, 0.15) is 11.3 Å². The maximum atomic E-state index is 12.2. The van der Waals surface area contributed by atoms with Crippen LogP contribution >= 0.6 is 0 Å². The predicted molar refractivity (Wildman–Crippen MR) is 98.7 cm³/mol. The quantitative estimate of drug-likeness (QED) is 0.602. The van der Waals surface area contributed by atoms with Crippen LogP contribution < -0.4 is 10.7 Å². The van der Waals surface area contributed by atoms with Gasteiger partial charge >= 0.3 is 0 Å². The lowest BCUT2D eigenvalue weighted by Crippen LogP contribution is -2.24. The molecule has 130 valence electrons. The van der Waals surface area contributed by atoms with Gasteiger partial charge in [-0.2, -0.15) is 5.10 Å². The molecule has 0 aliphatic carbocycles. The van der Waals surface area contributed by atoms with Gasteiger partial charge in [0.25, 0.3) is 0 Å². The Morgan fingerprint density at radius 2 is 1.92 bits per heavy atom. The molecule has 0 atom stereocenters. The molecule has 0 spiro atoms. The van der Waals surface area contributed by atoms with E-state index in [0.29, 0.717) is 24.2 Å². The van der Waals surface area contributed by atoms with E-state index >= 15 is 0 Å². The Hall–Kier alpha value is -3.41. The van der Waals surface area contributed by atoms with Crippen molar-refractivity contribution >= 4 is 27.8 Å². The number of furan rings is 1. The second-order valence-corrected chi connectivity index (χ2v) is 6.03. The minimum absolute atomic E-state index is 0.102. The average molecular weight is 347 g/mol. The van der Waals surface area contributed by atoms with Crippen molar-refractivity contribution in [2.24, 2.45) is 0 Å². The van der Waals surface area contributed by atoms with Crippen molar-refractivity contribution in [3.05, 3.63) is 76.8 Å². The third-order valence-electron chi connectivity index (χ3n) is 4.25. The highest BCUT2D eigenvalue weighted by atomic mass is 16.3. The number of carbonyl (C=O) groups excluding carboxylic acids is 1. The second-order valence-electron chi connectivity index (χ2n) is 6.03. The van der Waals surface area contributed by atoms with Crippen LogP contribution in [0, 0.1) is 0 Å². The fourth-order valence-corrected chi connectivity index (χ4v) is 2.94. The van der Waals surface area contributed by atoms with Crippen LogP contribution in [0.2, 0.25) is 0 Å². The van der Waals surface area contributed by atoms with Gasteiger partial charge in [-0.3, -0.25) is 14.3 Å². The number of hydrogen-bond donors (Lipinski definition) is 1. The summed E-state index contributed by atoms with van der Waals surface area (Å²) in [6.45, 7) is 0.735. The first-order valence-corrected chi connectivity index (χ1v) is 8.40. The lowest BCUT2D eigenvalue weighted by atomic mass is 10.2. The van der Waals surface area contributed by atoms with E-state index in [-0.39, 0.29) is 17.8 Å². The minimum Gasteiger partial charge on any atom is -0.459 e. The van der Waals surface area contributed by atoms with Crippen molar-refractivity contribution in [2.45, 2.75) is 19.5 Å². The van der Waals surface area contributed by atoms with E-state index in [4.69, 9.17) is 4.42 Å². The van der Waals surface area contributed by atoms with Gasteiger partial charge in [-0.25, -0.2) is 0 Å². The monoisotopic (exact) mass is 347 g/mol. The van der Waals surface area contributed by atoms with E-state index in [9.17, 15) is 9.59 Å². The number of fused-ring (bicyclic) bond motifs is 2. The molecule has 6 nitrogen and oxygen atoms in total. The Labute approximate surface area is 149 Å². The van der Waals surface area contributed by atoms with Crippen molar-refractivity contribution in [2.75, 3.05) is 0 Å².